The Morgan fingerprint density at radius 1 is 0.966 bits per heavy atom. The van der Waals surface area contributed by atoms with Crippen LogP contribution in [0.15, 0.2) is 47.3 Å². The van der Waals surface area contributed by atoms with E-state index in [0.717, 1.165) is 25.9 Å². The molecule has 2 aromatic carbocycles. The zero-order chi connectivity index (χ0) is 20.0. The summed E-state index contributed by atoms with van der Waals surface area (Å²) in [5.41, 5.74) is 3.07. The number of fused-ring (bicyclic) bond motifs is 2. The Balaban J connectivity index is 1.57. The largest absolute Gasteiger partial charge is 0.324 e. The van der Waals surface area contributed by atoms with Crippen LogP contribution in [0.1, 0.15) is 5.69 Å². The van der Waals surface area contributed by atoms with Crippen molar-refractivity contribution in [1.29, 1.82) is 0 Å². The van der Waals surface area contributed by atoms with Gasteiger partial charge in [0, 0.05) is 26.4 Å². The Labute approximate surface area is 177 Å². The van der Waals surface area contributed by atoms with Gasteiger partial charge in [0.05, 0.1) is 16.4 Å². The molecule has 0 atom stereocenters. The molecule has 29 heavy (non-hydrogen) atoms. The van der Waals surface area contributed by atoms with Gasteiger partial charge in [0.15, 0.2) is 5.82 Å². The van der Waals surface area contributed by atoms with E-state index in [9.17, 15) is 4.79 Å². The predicted molar refractivity (Wildman–Crippen MR) is 121 cm³/mol. The van der Waals surface area contributed by atoms with Gasteiger partial charge in [-0.3, -0.25) is 20.1 Å². The van der Waals surface area contributed by atoms with Crippen molar-refractivity contribution in [2.24, 2.45) is 0 Å². The van der Waals surface area contributed by atoms with Crippen molar-refractivity contribution in [3.05, 3.63) is 62.1 Å². The molecule has 5 N–H and O–H groups in total. The molecule has 144 valence electrons. The van der Waals surface area contributed by atoms with Crippen LogP contribution in [0, 0.1) is 10.5 Å². The van der Waals surface area contributed by atoms with Gasteiger partial charge in [0.25, 0.3) is 5.56 Å². The Morgan fingerprint density at radius 3 is 2.69 bits per heavy atom. The summed E-state index contributed by atoms with van der Waals surface area (Å²) in [7, 11) is 0. The average molecular weight is 498 g/mol. The smallest absolute Gasteiger partial charge is 0.271 e. The first-order valence-electron chi connectivity index (χ1n) is 8.79. The first kappa shape index (κ1) is 17.7. The van der Waals surface area contributed by atoms with E-state index < -0.39 is 0 Å². The lowest BCUT2D eigenvalue weighted by Gasteiger charge is -2.11. The summed E-state index contributed by atoms with van der Waals surface area (Å²) in [4.78, 5) is 21.0. The SMILES string of the molecule is Cc1cc(Nc2nc(Nc3ccc4c(=O)[nH][nH]c4c3)nc3ccc(I)cc23)n[nH]1. The van der Waals surface area contributed by atoms with Crippen LogP contribution in [0.5, 0.6) is 0 Å². The van der Waals surface area contributed by atoms with E-state index in [1.807, 2.05) is 43.3 Å². The third kappa shape index (κ3) is 3.42. The van der Waals surface area contributed by atoms with Gasteiger partial charge in [-0.05, 0) is 65.9 Å². The lowest BCUT2D eigenvalue weighted by atomic mass is 10.2. The summed E-state index contributed by atoms with van der Waals surface area (Å²) in [6.45, 7) is 1.94. The summed E-state index contributed by atoms with van der Waals surface area (Å²) in [5, 5.41) is 20.6. The molecule has 0 aliphatic carbocycles. The van der Waals surface area contributed by atoms with Crippen molar-refractivity contribution in [3.63, 3.8) is 0 Å². The van der Waals surface area contributed by atoms with E-state index in [4.69, 9.17) is 0 Å². The first-order chi connectivity index (χ1) is 14.0. The van der Waals surface area contributed by atoms with Crippen LogP contribution in [0.4, 0.5) is 23.3 Å². The number of rotatable bonds is 4. The molecule has 0 radical (unpaired) electrons. The molecule has 0 saturated heterocycles. The van der Waals surface area contributed by atoms with Crippen LogP contribution < -0.4 is 16.2 Å². The van der Waals surface area contributed by atoms with Crippen LogP contribution in [-0.4, -0.2) is 30.4 Å². The standard InChI is InChI=1S/C19H15IN8O/c1-9-6-16(27-25-9)23-17-13-7-10(20)2-5-14(13)22-19(24-17)21-11-3-4-12-15(8-11)26-28-18(12)29/h2-8H,1H3,(H2,26,28,29)(H3,21,22,23,24,25,27). The summed E-state index contributed by atoms with van der Waals surface area (Å²) in [6, 6.07) is 13.3. The fourth-order valence-corrected chi connectivity index (χ4v) is 3.59. The number of aromatic amines is 3. The summed E-state index contributed by atoms with van der Waals surface area (Å²) >= 11 is 2.26. The molecule has 0 aliphatic heterocycles. The highest BCUT2D eigenvalue weighted by Gasteiger charge is 2.11. The first-order valence-corrected chi connectivity index (χ1v) is 9.87. The second-order valence-corrected chi connectivity index (χ2v) is 7.83. The number of benzene rings is 2. The van der Waals surface area contributed by atoms with Gasteiger partial charge >= 0.3 is 0 Å². The van der Waals surface area contributed by atoms with Crippen LogP contribution in [-0.2, 0) is 0 Å². The molecule has 3 heterocycles. The summed E-state index contributed by atoms with van der Waals surface area (Å²) in [6.07, 6.45) is 0. The fraction of sp³-hybridized carbons (Fsp3) is 0.0526. The zero-order valence-electron chi connectivity index (χ0n) is 15.2. The quantitative estimate of drug-likeness (QED) is 0.239. The Hall–Kier alpha value is -3.41. The minimum Gasteiger partial charge on any atom is -0.324 e. The number of aromatic nitrogens is 6. The molecule has 0 bridgehead atoms. The van der Waals surface area contributed by atoms with Gasteiger partial charge < -0.3 is 10.6 Å². The molecule has 0 spiro atoms. The van der Waals surface area contributed by atoms with Crippen LogP contribution in [0.3, 0.4) is 0 Å². The topological polar surface area (TPSA) is 127 Å². The second-order valence-electron chi connectivity index (χ2n) is 6.58. The van der Waals surface area contributed by atoms with E-state index >= 15 is 0 Å². The molecule has 0 fully saturated rings. The fourth-order valence-electron chi connectivity index (χ4n) is 3.10. The molecule has 9 nitrogen and oxygen atoms in total. The lowest BCUT2D eigenvalue weighted by Crippen LogP contribution is -2.03. The van der Waals surface area contributed by atoms with Crippen molar-refractivity contribution in [2.45, 2.75) is 6.92 Å². The van der Waals surface area contributed by atoms with Crippen molar-refractivity contribution in [3.8, 4) is 0 Å². The van der Waals surface area contributed by atoms with Crippen molar-refractivity contribution in [2.75, 3.05) is 10.6 Å². The molecule has 0 aliphatic rings. The van der Waals surface area contributed by atoms with E-state index in [1.54, 1.807) is 6.07 Å². The van der Waals surface area contributed by atoms with E-state index in [0.29, 0.717) is 28.5 Å². The maximum absolute atomic E-state index is 11.7. The van der Waals surface area contributed by atoms with Gasteiger partial charge in [-0.15, -0.1) is 0 Å². The number of hydrogen-bond acceptors (Lipinski definition) is 6. The Kier molecular flexibility index (Phi) is 4.19. The number of aryl methyl sites for hydroxylation is 1. The van der Waals surface area contributed by atoms with Crippen molar-refractivity contribution in [1.82, 2.24) is 30.4 Å². The lowest BCUT2D eigenvalue weighted by molar-refractivity contribution is 1.05. The minimum atomic E-state index is -0.149. The predicted octanol–water partition coefficient (Wildman–Crippen LogP) is 3.92. The Bertz CT molecular complexity index is 1420. The maximum atomic E-state index is 11.7. The maximum Gasteiger partial charge on any atom is 0.271 e. The van der Waals surface area contributed by atoms with Gasteiger partial charge in [0.2, 0.25) is 5.95 Å². The van der Waals surface area contributed by atoms with E-state index in [2.05, 4.69) is 63.6 Å². The zero-order valence-corrected chi connectivity index (χ0v) is 17.3. The van der Waals surface area contributed by atoms with Gasteiger partial charge in [-0.2, -0.15) is 10.1 Å². The molecule has 0 saturated carbocycles. The van der Waals surface area contributed by atoms with Crippen LogP contribution in [0.2, 0.25) is 0 Å². The van der Waals surface area contributed by atoms with Gasteiger partial charge in [-0.1, -0.05) is 0 Å². The summed E-state index contributed by atoms with van der Waals surface area (Å²) in [5.74, 6) is 1.77. The number of H-pyrrole nitrogens is 3. The number of hydrogen-bond donors (Lipinski definition) is 5. The molecule has 0 amide bonds. The molecular formula is C19H15IN8O. The number of nitrogens with zero attached hydrogens (tertiary/aromatic N) is 3. The highest BCUT2D eigenvalue weighted by molar-refractivity contribution is 14.1. The van der Waals surface area contributed by atoms with Crippen molar-refractivity contribution >= 4 is 67.7 Å². The molecular weight excluding hydrogens is 483 g/mol. The van der Waals surface area contributed by atoms with Crippen LogP contribution in [0.25, 0.3) is 21.8 Å². The Morgan fingerprint density at radius 2 is 1.86 bits per heavy atom. The molecule has 3 aromatic heterocycles. The molecule has 0 unspecified atom stereocenters. The van der Waals surface area contributed by atoms with Crippen LogP contribution >= 0.6 is 22.6 Å². The molecule has 10 heteroatoms. The number of nitrogens with one attached hydrogen (secondary N) is 5. The van der Waals surface area contributed by atoms with Gasteiger partial charge in [0.1, 0.15) is 5.82 Å². The minimum absolute atomic E-state index is 0.149. The van der Waals surface area contributed by atoms with E-state index in [1.165, 1.54) is 0 Å². The third-order valence-corrected chi connectivity index (χ3v) is 5.11. The van der Waals surface area contributed by atoms with E-state index in [-0.39, 0.29) is 5.56 Å². The number of halogens is 1. The summed E-state index contributed by atoms with van der Waals surface area (Å²) < 4.78 is 1.09. The second kappa shape index (κ2) is 6.88. The average Bonchev–Trinajstić information content (AvgIpc) is 3.27. The van der Waals surface area contributed by atoms with Gasteiger partial charge in [-0.25, -0.2) is 4.98 Å². The van der Waals surface area contributed by atoms with Crippen molar-refractivity contribution < 1.29 is 0 Å². The highest BCUT2D eigenvalue weighted by Crippen LogP contribution is 2.28. The molecule has 5 aromatic rings. The molecule has 5 rings (SSSR count). The number of anilines is 4. The third-order valence-electron chi connectivity index (χ3n) is 4.44. The normalized spacial score (nSPS) is 11.2. The monoisotopic (exact) mass is 498 g/mol. The highest BCUT2D eigenvalue weighted by atomic mass is 127.